The number of benzene rings is 2. The lowest BCUT2D eigenvalue weighted by molar-refractivity contribution is 0.103. The van der Waals surface area contributed by atoms with Crippen LogP contribution in [0.1, 0.15) is 15.9 Å². The Morgan fingerprint density at radius 1 is 0.879 bits per heavy atom. The number of aliphatic hydroxyl groups excluding tert-OH is 2. The molecule has 0 saturated carbocycles. The molecule has 0 atom stereocenters. The number of ketones is 1. The molecule has 1 heterocycles. The van der Waals surface area contributed by atoms with Crippen LogP contribution in [0.2, 0.25) is 0 Å². The van der Waals surface area contributed by atoms with Gasteiger partial charge in [0, 0.05) is 49.4 Å². The number of phenolic OH excluding ortho intramolecular Hbond substituents is 1. The van der Waals surface area contributed by atoms with E-state index in [1.54, 1.807) is 6.07 Å². The molecule has 3 aromatic rings. The second-order valence-corrected chi connectivity index (χ2v) is 7.36. The average molecular weight is 498 g/mol. The predicted octanol–water partition coefficient (Wildman–Crippen LogP) is 1.37. The van der Waals surface area contributed by atoms with Gasteiger partial charge in [-0.3, -0.25) is 9.48 Å². The number of hydrogen-bond acceptors (Lipinski definition) is 8. The van der Waals surface area contributed by atoms with E-state index in [0.717, 1.165) is 10.9 Å². The Bertz CT molecular complexity index is 1110. The van der Waals surface area contributed by atoms with Gasteiger partial charge < -0.3 is 31.3 Å². The van der Waals surface area contributed by atoms with Crippen LogP contribution in [0.3, 0.4) is 0 Å². The number of nitrogens with zero attached hydrogens (tertiary/aromatic N) is 2. The highest BCUT2D eigenvalue weighted by Crippen LogP contribution is 2.44. The zero-order valence-electron chi connectivity index (χ0n) is 18.0. The van der Waals surface area contributed by atoms with Gasteiger partial charge in [-0.05, 0) is 18.2 Å². The van der Waals surface area contributed by atoms with E-state index >= 15 is 0 Å². The van der Waals surface area contributed by atoms with Crippen molar-refractivity contribution in [2.24, 2.45) is 0 Å². The van der Waals surface area contributed by atoms with Crippen molar-refractivity contribution in [3.05, 3.63) is 41.5 Å². The summed E-state index contributed by atoms with van der Waals surface area (Å²) in [7, 11) is 0. The van der Waals surface area contributed by atoms with Gasteiger partial charge in [0.25, 0.3) is 0 Å². The van der Waals surface area contributed by atoms with Gasteiger partial charge in [-0.1, -0.05) is 12.1 Å². The Balaban J connectivity index is 0.00000193. The van der Waals surface area contributed by atoms with Gasteiger partial charge in [-0.2, -0.15) is 5.10 Å². The monoisotopic (exact) mass is 497 g/mol. The molecule has 4 rings (SSSR count). The van der Waals surface area contributed by atoms with Crippen molar-refractivity contribution in [3.63, 3.8) is 0 Å². The average Bonchev–Trinajstić information content (AvgIpc) is 3.14. The maximum absolute atomic E-state index is 13.5. The summed E-state index contributed by atoms with van der Waals surface area (Å²) in [6.45, 7) is 3.57. The Morgan fingerprint density at radius 2 is 1.61 bits per heavy atom. The van der Waals surface area contributed by atoms with E-state index in [2.05, 4.69) is 16.0 Å². The highest BCUT2D eigenvalue weighted by Gasteiger charge is 2.32. The molecule has 9 nitrogen and oxygen atoms in total. The van der Waals surface area contributed by atoms with Crippen molar-refractivity contribution in [2.75, 3.05) is 51.3 Å². The number of aromatic nitrogens is 2. The number of aromatic hydroxyl groups is 1. The molecule has 0 bridgehead atoms. The topological polar surface area (TPSA) is 132 Å². The van der Waals surface area contributed by atoms with E-state index in [1.165, 1.54) is 6.07 Å². The minimum atomic E-state index is -0.227. The minimum Gasteiger partial charge on any atom is -0.507 e. The SMILES string of the molecule is Cl.Cl.O=C1c2c(O)cccc2-c2nn(CCNCCO)c3ccc(NCCNCCO)c1c23. The Labute approximate surface area is 204 Å². The summed E-state index contributed by atoms with van der Waals surface area (Å²) in [6.07, 6.45) is 0. The van der Waals surface area contributed by atoms with Crippen LogP contribution in [0.5, 0.6) is 5.75 Å². The summed E-state index contributed by atoms with van der Waals surface area (Å²) >= 11 is 0. The smallest absolute Gasteiger partial charge is 0.200 e. The van der Waals surface area contributed by atoms with Gasteiger partial charge in [0.2, 0.25) is 0 Å². The van der Waals surface area contributed by atoms with Crippen LogP contribution in [0.4, 0.5) is 5.69 Å². The number of phenols is 1. The number of rotatable bonds is 11. The first-order chi connectivity index (χ1) is 15.2. The molecular weight excluding hydrogens is 469 g/mol. The van der Waals surface area contributed by atoms with Crippen molar-refractivity contribution in [1.82, 2.24) is 20.4 Å². The van der Waals surface area contributed by atoms with E-state index in [1.807, 2.05) is 22.9 Å². The Morgan fingerprint density at radius 3 is 2.33 bits per heavy atom. The Hall–Kier alpha value is -2.40. The molecule has 0 fully saturated rings. The third kappa shape index (κ3) is 5.24. The van der Waals surface area contributed by atoms with Crippen molar-refractivity contribution in [2.45, 2.75) is 6.54 Å². The molecule has 11 heteroatoms. The molecule has 0 saturated heterocycles. The second kappa shape index (κ2) is 12.2. The van der Waals surface area contributed by atoms with Gasteiger partial charge in [-0.25, -0.2) is 0 Å². The number of hydrogen-bond donors (Lipinski definition) is 6. The lowest BCUT2D eigenvalue weighted by Gasteiger charge is -2.19. The number of anilines is 1. The van der Waals surface area contributed by atoms with E-state index in [4.69, 9.17) is 15.3 Å². The van der Waals surface area contributed by atoms with Gasteiger partial charge >= 0.3 is 0 Å². The van der Waals surface area contributed by atoms with Crippen LogP contribution in [0, 0.1) is 0 Å². The highest BCUT2D eigenvalue weighted by molar-refractivity contribution is 6.28. The van der Waals surface area contributed by atoms with Crippen molar-refractivity contribution >= 4 is 47.2 Å². The predicted molar refractivity (Wildman–Crippen MR) is 133 cm³/mol. The number of carbonyl (C=O) groups excluding carboxylic acids is 1. The largest absolute Gasteiger partial charge is 0.507 e. The zero-order chi connectivity index (χ0) is 21.8. The number of aliphatic hydroxyl groups is 2. The van der Waals surface area contributed by atoms with Crippen LogP contribution in [0.25, 0.3) is 22.2 Å². The Kier molecular flexibility index (Phi) is 9.90. The van der Waals surface area contributed by atoms with E-state index in [0.29, 0.717) is 61.8 Å². The molecule has 0 unspecified atom stereocenters. The summed E-state index contributed by atoms with van der Waals surface area (Å²) in [5.74, 6) is -0.283. The molecule has 180 valence electrons. The summed E-state index contributed by atoms with van der Waals surface area (Å²) in [5, 5.41) is 43.4. The van der Waals surface area contributed by atoms with Gasteiger partial charge in [0.1, 0.15) is 11.4 Å². The van der Waals surface area contributed by atoms with Crippen LogP contribution in [0.15, 0.2) is 30.3 Å². The lowest BCUT2D eigenvalue weighted by atomic mass is 9.86. The molecule has 0 radical (unpaired) electrons. The maximum atomic E-state index is 13.5. The molecule has 1 aromatic heterocycles. The summed E-state index contributed by atoms with van der Waals surface area (Å²) < 4.78 is 1.86. The molecule has 1 aliphatic rings. The zero-order valence-corrected chi connectivity index (χ0v) is 19.6. The number of nitrogens with one attached hydrogen (secondary N) is 3. The number of halogens is 2. The van der Waals surface area contributed by atoms with Gasteiger partial charge in [0.15, 0.2) is 5.78 Å². The van der Waals surface area contributed by atoms with Crippen molar-refractivity contribution in [3.8, 4) is 17.0 Å². The quantitative estimate of drug-likeness (QED) is 0.171. The molecule has 0 amide bonds. The van der Waals surface area contributed by atoms with E-state index in [9.17, 15) is 9.90 Å². The van der Waals surface area contributed by atoms with E-state index in [-0.39, 0.29) is 55.1 Å². The summed E-state index contributed by atoms with van der Waals surface area (Å²) in [6, 6.07) is 8.87. The fourth-order valence-corrected chi connectivity index (χ4v) is 3.99. The fraction of sp³-hybridized carbons (Fsp3) is 0.364. The van der Waals surface area contributed by atoms with Crippen LogP contribution < -0.4 is 16.0 Å². The normalized spacial score (nSPS) is 11.6. The molecule has 2 aromatic carbocycles. The standard InChI is InChI=1S/C22H27N5O4.2ClH/c28-12-9-23-6-7-25-15-4-5-16-20-19(15)22(31)18-14(2-1-3-17(18)30)21(20)26-27(16)11-8-24-10-13-29;;/h1-5,23-25,28-30H,6-13H2;2*1H. The van der Waals surface area contributed by atoms with Gasteiger partial charge in [-0.15, -0.1) is 24.8 Å². The van der Waals surface area contributed by atoms with Gasteiger partial charge in [0.05, 0.1) is 36.4 Å². The van der Waals surface area contributed by atoms with Crippen molar-refractivity contribution in [1.29, 1.82) is 0 Å². The molecule has 0 aliphatic heterocycles. The second-order valence-electron chi connectivity index (χ2n) is 7.36. The first kappa shape index (κ1) is 26.8. The lowest BCUT2D eigenvalue weighted by Crippen LogP contribution is -2.25. The molecular formula is C22H29Cl2N5O4. The molecule has 6 N–H and O–H groups in total. The van der Waals surface area contributed by atoms with Crippen molar-refractivity contribution < 1.29 is 20.1 Å². The van der Waals surface area contributed by atoms with Crippen LogP contribution >= 0.6 is 24.8 Å². The maximum Gasteiger partial charge on any atom is 0.200 e. The molecule has 1 aliphatic carbocycles. The van der Waals surface area contributed by atoms with Crippen LogP contribution in [-0.2, 0) is 6.54 Å². The first-order valence-electron chi connectivity index (χ1n) is 10.4. The third-order valence-corrected chi connectivity index (χ3v) is 5.37. The highest BCUT2D eigenvalue weighted by atomic mass is 35.5. The summed E-state index contributed by atoms with van der Waals surface area (Å²) in [4.78, 5) is 13.5. The first-order valence-corrected chi connectivity index (χ1v) is 10.4. The molecule has 33 heavy (non-hydrogen) atoms. The number of fused-ring (bicyclic) bond motifs is 2. The number of carbonyl (C=O) groups is 1. The van der Waals surface area contributed by atoms with E-state index < -0.39 is 0 Å². The third-order valence-electron chi connectivity index (χ3n) is 5.37. The fourth-order valence-electron chi connectivity index (χ4n) is 3.99. The molecule has 0 spiro atoms. The minimum absolute atomic E-state index is 0. The summed E-state index contributed by atoms with van der Waals surface area (Å²) in [5.41, 5.74) is 3.63. The van der Waals surface area contributed by atoms with Crippen LogP contribution in [-0.4, -0.2) is 76.8 Å².